The quantitative estimate of drug-likeness (QED) is 0.348. The first-order valence-electron chi connectivity index (χ1n) is 9.70. The standard InChI is InChI=1S/C21H20ClFN2O5S2/c1-2-30-20(27)13-25-17-10-5-14(22)12-18(17)31-21(25)24-19(26)4-3-11-32(28,29)16-8-6-15(23)7-9-16/h5-10,12H,2-4,11,13H2,1H3. The number of carbonyl (C=O) groups is 2. The third-order valence-corrected chi connectivity index (χ3v) is 7.53. The fourth-order valence-corrected chi connectivity index (χ4v) is 5.59. The minimum atomic E-state index is -3.64. The lowest BCUT2D eigenvalue weighted by atomic mass is 10.3. The van der Waals surface area contributed by atoms with Crippen LogP contribution in [0.15, 0.2) is 52.4 Å². The second-order valence-corrected chi connectivity index (χ2v) is 10.3. The molecule has 1 heterocycles. The largest absolute Gasteiger partial charge is 0.465 e. The van der Waals surface area contributed by atoms with Gasteiger partial charge in [0.15, 0.2) is 14.6 Å². The molecule has 0 radical (unpaired) electrons. The highest BCUT2D eigenvalue weighted by molar-refractivity contribution is 7.91. The maximum atomic E-state index is 13.0. The Morgan fingerprint density at radius 1 is 1.19 bits per heavy atom. The van der Waals surface area contributed by atoms with Crippen molar-refractivity contribution in [1.29, 1.82) is 0 Å². The van der Waals surface area contributed by atoms with Crippen molar-refractivity contribution in [3.8, 4) is 0 Å². The third-order valence-electron chi connectivity index (χ3n) is 4.43. The van der Waals surface area contributed by atoms with E-state index in [1.165, 1.54) is 23.5 Å². The summed E-state index contributed by atoms with van der Waals surface area (Å²) in [5.41, 5.74) is 0.679. The molecule has 0 saturated heterocycles. The van der Waals surface area contributed by atoms with E-state index in [0.717, 1.165) is 16.8 Å². The number of aromatic nitrogens is 1. The van der Waals surface area contributed by atoms with Gasteiger partial charge in [0, 0.05) is 11.4 Å². The third kappa shape index (κ3) is 6.02. The lowest BCUT2D eigenvalue weighted by Gasteiger charge is -2.05. The van der Waals surface area contributed by atoms with Crippen molar-refractivity contribution in [3.63, 3.8) is 0 Å². The van der Waals surface area contributed by atoms with Crippen molar-refractivity contribution >= 4 is 54.9 Å². The van der Waals surface area contributed by atoms with E-state index in [-0.39, 0.29) is 36.6 Å². The normalized spacial score (nSPS) is 12.3. The summed E-state index contributed by atoms with van der Waals surface area (Å²) in [6.07, 6.45) is -0.0501. The van der Waals surface area contributed by atoms with Crippen molar-refractivity contribution in [2.24, 2.45) is 4.99 Å². The first-order chi connectivity index (χ1) is 15.2. The zero-order chi connectivity index (χ0) is 23.3. The summed E-state index contributed by atoms with van der Waals surface area (Å²) in [4.78, 5) is 28.8. The van der Waals surface area contributed by atoms with Crippen molar-refractivity contribution < 1.29 is 27.1 Å². The van der Waals surface area contributed by atoms with Gasteiger partial charge in [-0.25, -0.2) is 12.8 Å². The number of amides is 1. The minimum absolute atomic E-state index is 0.00282. The molecule has 0 aliphatic heterocycles. The van der Waals surface area contributed by atoms with Crippen molar-refractivity contribution in [1.82, 2.24) is 4.57 Å². The summed E-state index contributed by atoms with van der Waals surface area (Å²) in [6, 6.07) is 9.64. The summed E-state index contributed by atoms with van der Waals surface area (Å²) in [7, 11) is -3.64. The van der Waals surface area contributed by atoms with E-state index in [1.807, 2.05) is 0 Å². The Hall–Kier alpha value is -2.56. The van der Waals surface area contributed by atoms with Crippen LogP contribution in [0.5, 0.6) is 0 Å². The Morgan fingerprint density at radius 3 is 2.59 bits per heavy atom. The molecular weight excluding hydrogens is 479 g/mol. The number of hydrogen-bond acceptors (Lipinski definition) is 6. The molecule has 0 atom stereocenters. The number of fused-ring (bicyclic) bond motifs is 1. The second-order valence-electron chi connectivity index (χ2n) is 6.77. The van der Waals surface area contributed by atoms with Crippen LogP contribution in [0, 0.1) is 5.82 Å². The zero-order valence-corrected chi connectivity index (χ0v) is 19.5. The molecular formula is C21H20ClFN2O5S2. The van der Waals surface area contributed by atoms with E-state index in [9.17, 15) is 22.4 Å². The highest BCUT2D eigenvalue weighted by Crippen LogP contribution is 2.22. The van der Waals surface area contributed by atoms with Crippen molar-refractivity contribution in [2.45, 2.75) is 31.2 Å². The van der Waals surface area contributed by atoms with Gasteiger partial charge in [0.05, 0.1) is 27.5 Å². The predicted molar refractivity (Wildman–Crippen MR) is 120 cm³/mol. The van der Waals surface area contributed by atoms with E-state index in [2.05, 4.69) is 4.99 Å². The Kier molecular flexibility index (Phi) is 7.81. The van der Waals surface area contributed by atoms with Gasteiger partial charge in [0.2, 0.25) is 5.91 Å². The number of ether oxygens (including phenoxy) is 1. The summed E-state index contributed by atoms with van der Waals surface area (Å²) in [5.74, 6) is -1.79. The topological polar surface area (TPSA) is 94.8 Å². The average Bonchev–Trinajstić information content (AvgIpc) is 3.04. The zero-order valence-electron chi connectivity index (χ0n) is 17.1. The van der Waals surface area contributed by atoms with Gasteiger partial charge in [-0.15, -0.1) is 0 Å². The predicted octanol–water partition coefficient (Wildman–Crippen LogP) is 3.74. The van der Waals surface area contributed by atoms with Gasteiger partial charge in [-0.2, -0.15) is 4.99 Å². The minimum Gasteiger partial charge on any atom is -0.465 e. The molecule has 0 fully saturated rings. The molecule has 0 unspecified atom stereocenters. The number of rotatable bonds is 8. The Bertz CT molecular complexity index is 1310. The van der Waals surface area contributed by atoms with Crippen LogP contribution in [-0.4, -0.2) is 37.2 Å². The molecule has 3 rings (SSSR count). The van der Waals surface area contributed by atoms with E-state index in [0.29, 0.717) is 15.3 Å². The number of esters is 1. The molecule has 0 N–H and O–H groups in total. The van der Waals surface area contributed by atoms with Crippen LogP contribution in [0.2, 0.25) is 5.02 Å². The number of sulfone groups is 1. The molecule has 0 spiro atoms. The number of thiazole rings is 1. The molecule has 170 valence electrons. The number of carbonyl (C=O) groups excluding carboxylic acids is 2. The molecule has 2 aromatic carbocycles. The Morgan fingerprint density at radius 2 is 1.91 bits per heavy atom. The second kappa shape index (κ2) is 10.4. The van der Waals surface area contributed by atoms with Crippen LogP contribution in [-0.2, 0) is 30.7 Å². The van der Waals surface area contributed by atoms with Gasteiger partial charge in [-0.3, -0.25) is 9.59 Å². The Balaban J connectivity index is 1.78. The Labute approximate surface area is 193 Å². The molecule has 1 amide bonds. The fraction of sp³-hybridized carbons (Fsp3) is 0.286. The number of hydrogen-bond donors (Lipinski definition) is 0. The van der Waals surface area contributed by atoms with Crippen LogP contribution < -0.4 is 4.80 Å². The maximum absolute atomic E-state index is 13.0. The summed E-state index contributed by atoms with van der Waals surface area (Å²) >= 11 is 7.24. The summed E-state index contributed by atoms with van der Waals surface area (Å²) < 4.78 is 45.0. The lowest BCUT2D eigenvalue weighted by Crippen LogP contribution is -2.23. The van der Waals surface area contributed by atoms with E-state index in [1.54, 1.807) is 29.7 Å². The molecule has 0 saturated carbocycles. The van der Waals surface area contributed by atoms with Gasteiger partial charge in [-0.1, -0.05) is 22.9 Å². The summed E-state index contributed by atoms with van der Waals surface area (Å²) in [5, 5.41) is 0.505. The van der Waals surface area contributed by atoms with Crippen molar-refractivity contribution in [3.05, 3.63) is 58.1 Å². The first-order valence-corrected chi connectivity index (χ1v) is 12.5. The monoisotopic (exact) mass is 498 g/mol. The van der Waals surface area contributed by atoms with Crippen LogP contribution in [0.25, 0.3) is 10.2 Å². The molecule has 0 aliphatic carbocycles. The van der Waals surface area contributed by atoms with Crippen LogP contribution in [0.1, 0.15) is 19.8 Å². The van der Waals surface area contributed by atoms with Crippen LogP contribution in [0.3, 0.4) is 0 Å². The fourth-order valence-electron chi connectivity index (χ4n) is 2.96. The van der Waals surface area contributed by atoms with Gasteiger partial charge >= 0.3 is 5.97 Å². The molecule has 0 aliphatic rings. The molecule has 11 heteroatoms. The van der Waals surface area contributed by atoms with E-state index >= 15 is 0 Å². The number of nitrogens with zero attached hydrogens (tertiary/aromatic N) is 2. The maximum Gasteiger partial charge on any atom is 0.326 e. The number of benzene rings is 2. The molecule has 7 nitrogen and oxygen atoms in total. The average molecular weight is 499 g/mol. The highest BCUT2D eigenvalue weighted by Gasteiger charge is 2.16. The smallest absolute Gasteiger partial charge is 0.326 e. The summed E-state index contributed by atoms with van der Waals surface area (Å²) in [6.45, 7) is 1.80. The molecule has 32 heavy (non-hydrogen) atoms. The highest BCUT2D eigenvalue weighted by atomic mass is 35.5. The lowest BCUT2D eigenvalue weighted by molar-refractivity contribution is -0.143. The van der Waals surface area contributed by atoms with Crippen molar-refractivity contribution in [2.75, 3.05) is 12.4 Å². The van der Waals surface area contributed by atoms with Crippen LogP contribution >= 0.6 is 22.9 Å². The number of halogens is 2. The molecule has 1 aromatic heterocycles. The van der Waals surface area contributed by atoms with Gasteiger partial charge in [0.25, 0.3) is 0 Å². The first kappa shape index (κ1) is 24.1. The van der Waals surface area contributed by atoms with Gasteiger partial charge < -0.3 is 9.30 Å². The van der Waals surface area contributed by atoms with Crippen LogP contribution in [0.4, 0.5) is 4.39 Å². The SMILES string of the molecule is CCOC(=O)Cn1c(=NC(=O)CCCS(=O)(=O)c2ccc(F)cc2)sc2cc(Cl)ccc21. The van der Waals surface area contributed by atoms with E-state index < -0.39 is 27.5 Å². The van der Waals surface area contributed by atoms with E-state index in [4.69, 9.17) is 16.3 Å². The molecule has 0 bridgehead atoms. The van der Waals surface area contributed by atoms with Gasteiger partial charge in [-0.05, 0) is 55.8 Å². The molecule has 3 aromatic rings. The van der Waals surface area contributed by atoms with Gasteiger partial charge in [0.1, 0.15) is 12.4 Å².